The molecule has 1 fully saturated rings. The fourth-order valence-electron chi connectivity index (χ4n) is 2.25. The fraction of sp³-hybridized carbons (Fsp3) is 0.500. The lowest BCUT2D eigenvalue weighted by Crippen LogP contribution is -2.42. The fourth-order valence-corrected chi connectivity index (χ4v) is 2.25. The summed E-state index contributed by atoms with van der Waals surface area (Å²) in [7, 11) is 1.68. The van der Waals surface area contributed by atoms with Crippen molar-refractivity contribution in [2.75, 3.05) is 30.8 Å². The summed E-state index contributed by atoms with van der Waals surface area (Å²) in [5.74, 6) is 0.182. The number of nitrogens with two attached hydrogens (primary N) is 1. The van der Waals surface area contributed by atoms with Crippen LogP contribution in [0.15, 0.2) is 18.5 Å². The lowest BCUT2D eigenvalue weighted by atomic mass is 9.97. The van der Waals surface area contributed by atoms with Gasteiger partial charge in [-0.2, -0.15) is 0 Å². The molecule has 0 bridgehead atoms. The predicted molar refractivity (Wildman–Crippen MR) is 67.7 cm³/mol. The van der Waals surface area contributed by atoms with Gasteiger partial charge in [-0.1, -0.05) is 0 Å². The highest BCUT2D eigenvalue weighted by molar-refractivity contribution is 5.79. The van der Waals surface area contributed by atoms with Gasteiger partial charge >= 0.3 is 0 Å². The van der Waals surface area contributed by atoms with Crippen molar-refractivity contribution in [3.8, 4) is 0 Å². The molecule has 2 rings (SSSR count). The van der Waals surface area contributed by atoms with Crippen LogP contribution in [0.3, 0.4) is 0 Å². The summed E-state index contributed by atoms with van der Waals surface area (Å²) < 4.78 is 0. The predicted octanol–water partition coefficient (Wildman–Crippen LogP) is 0.626. The number of rotatable bonds is 2. The minimum absolute atomic E-state index is 0.0650. The molecule has 1 aliphatic heterocycles. The SMILES string of the molecule is CNC(=O)C1CCCN(c2cncc(N)c2)C1. The van der Waals surface area contributed by atoms with Crippen molar-refractivity contribution in [1.82, 2.24) is 10.3 Å². The van der Waals surface area contributed by atoms with Crippen molar-refractivity contribution in [1.29, 1.82) is 0 Å². The molecular formula is C12H18N4O. The molecule has 1 aromatic heterocycles. The zero-order valence-electron chi connectivity index (χ0n) is 10.0. The maximum atomic E-state index is 11.6. The van der Waals surface area contributed by atoms with Crippen molar-refractivity contribution in [3.05, 3.63) is 18.5 Å². The molecule has 5 nitrogen and oxygen atoms in total. The summed E-state index contributed by atoms with van der Waals surface area (Å²) in [4.78, 5) is 17.9. The van der Waals surface area contributed by atoms with Crippen molar-refractivity contribution >= 4 is 17.3 Å². The number of aromatic nitrogens is 1. The summed E-state index contributed by atoms with van der Waals surface area (Å²) in [6.07, 6.45) is 5.39. The second-order valence-corrected chi connectivity index (χ2v) is 4.38. The molecule has 0 aromatic carbocycles. The van der Waals surface area contributed by atoms with Crippen LogP contribution in [0, 0.1) is 5.92 Å². The molecule has 1 unspecified atom stereocenters. The average molecular weight is 234 g/mol. The van der Waals surface area contributed by atoms with Crippen molar-refractivity contribution < 1.29 is 4.79 Å². The maximum Gasteiger partial charge on any atom is 0.224 e. The summed E-state index contributed by atoms with van der Waals surface area (Å²) in [5.41, 5.74) is 7.37. The van der Waals surface area contributed by atoms with E-state index in [9.17, 15) is 4.79 Å². The molecule has 0 spiro atoms. The molecule has 0 saturated carbocycles. The minimum atomic E-state index is 0.0650. The normalized spacial score (nSPS) is 20.1. The van der Waals surface area contributed by atoms with Crippen molar-refractivity contribution in [2.24, 2.45) is 5.92 Å². The summed E-state index contributed by atoms with van der Waals surface area (Å²) >= 11 is 0. The van der Waals surface area contributed by atoms with Crippen molar-refractivity contribution in [3.63, 3.8) is 0 Å². The zero-order valence-corrected chi connectivity index (χ0v) is 10.0. The van der Waals surface area contributed by atoms with Crippen LogP contribution in [-0.4, -0.2) is 31.0 Å². The Morgan fingerprint density at radius 3 is 3.12 bits per heavy atom. The van der Waals surface area contributed by atoms with E-state index in [1.807, 2.05) is 6.07 Å². The van der Waals surface area contributed by atoms with Crippen molar-refractivity contribution in [2.45, 2.75) is 12.8 Å². The lowest BCUT2D eigenvalue weighted by Gasteiger charge is -2.33. The lowest BCUT2D eigenvalue weighted by molar-refractivity contribution is -0.124. The molecule has 92 valence electrons. The number of amides is 1. The third-order valence-electron chi connectivity index (χ3n) is 3.15. The topological polar surface area (TPSA) is 71.2 Å². The quantitative estimate of drug-likeness (QED) is 0.787. The Hall–Kier alpha value is -1.78. The number of nitrogens with zero attached hydrogens (tertiary/aromatic N) is 2. The maximum absolute atomic E-state index is 11.6. The molecule has 17 heavy (non-hydrogen) atoms. The van der Waals surface area contributed by atoms with Gasteiger partial charge in [0, 0.05) is 26.3 Å². The minimum Gasteiger partial charge on any atom is -0.397 e. The molecule has 0 radical (unpaired) electrons. The molecule has 1 aliphatic rings. The Labute approximate surface area is 101 Å². The van der Waals surface area contributed by atoms with Crippen LogP contribution in [0.1, 0.15) is 12.8 Å². The van der Waals surface area contributed by atoms with E-state index in [2.05, 4.69) is 15.2 Å². The Morgan fingerprint density at radius 1 is 1.59 bits per heavy atom. The first-order valence-electron chi connectivity index (χ1n) is 5.88. The van der Waals surface area contributed by atoms with Gasteiger partial charge in [-0.05, 0) is 18.9 Å². The van der Waals surface area contributed by atoms with E-state index in [1.54, 1.807) is 19.4 Å². The Morgan fingerprint density at radius 2 is 2.41 bits per heavy atom. The van der Waals surface area contributed by atoms with Gasteiger partial charge in [0.1, 0.15) is 0 Å². The average Bonchev–Trinajstić information content (AvgIpc) is 2.38. The molecule has 1 aromatic rings. The van der Waals surface area contributed by atoms with Crippen LogP contribution in [0.5, 0.6) is 0 Å². The number of anilines is 2. The third-order valence-corrected chi connectivity index (χ3v) is 3.15. The van der Waals surface area contributed by atoms with Crippen LogP contribution in [0.4, 0.5) is 11.4 Å². The Kier molecular flexibility index (Phi) is 3.46. The molecule has 2 heterocycles. The van der Waals surface area contributed by atoms with Gasteiger partial charge in [-0.25, -0.2) is 0 Å². The molecule has 1 atom stereocenters. The number of carbonyl (C=O) groups excluding carboxylic acids is 1. The van der Waals surface area contributed by atoms with Gasteiger partial charge in [-0.3, -0.25) is 9.78 Å². The molecular weight excluding hydrogens is 216 g/mol. The summed E-state index contributed by atoms with van der Waals surface area (Å²) in [6.45, 7) is 1.70. The Bertz CT molecular complexity index is 407. The van der Waals surface area contributed by atoms with E-state index in [4.69, 9.17) is 5.73 Å². The number of nitrogen functional groups attached to an aromatic ring is 1. The molecule has 3 N–H and O–H groups in total. The standard InChI is InChI=1S/C12H18N4O/c1-14-12(17)9-3-2-4-16(8-9)11-5-10(13)6-15-7-11/h5-7,9H,2-4,8,13H2,1H3,(H,14,17). The number of piperidine rings is 1. The largest absolute Gasteiger partial charge is 0.397 e. The number of pyridine rings is 1. The first-order chi connectivity index (χ1) is 8.20. The second-order valence-electron chi connectivity index (χ2n) is 4.38. The number of hydrogen-bond donors (Lipinski definition) is 2. The highest BCUT2D eigenvalue weighted by Crippen LogP contribution is 2.23. The number of nitrogens with one attached hydrogen (secondary N) is 1. The van der Waals surface area contributed by atoms with Gasteiger partial charge in [-0.15, -0.1) is 0 Å². The first kappa shape index (κ1) is 11.7. The summed E-state index contributed by atoms with van der Waals surface area (Å²) in [5, 5.41) is 2.71. The van der Waals surface area contributed by atoms with E-state index in [1.165, 1.54) is 0 Å². The molecule has 1 amide bonds. The molecule has 1 saturated heterocycles. The third kappa shape index (κ3) is 2.67. The second kappa shape index (κ2) is 5.03. The van der Waals surface area contributed by atoms with E-state index < -0.39 is 0 Å². The van der Waals surface area contributed by atoms with Crippen LogP contribution in [0.25, 0.3) is 0 Å². The van der Waals surface area contributed by atoms with Gasteiger partial charge in [0.2, 0.25) is 5.91 Å². The smallest absolute Gasteiger partial charge is 0.224 e. The van der Waals surface area contributed by atoms with Crippen LogP contribution >= 0.6 is 0 Å². The van der Waals surface area contributed by atoms with Crippen LogP contribution in [-0.2, 0) is 4.79 Å². The monoisotopic (exact) mass is 234 g/mol. The van der Waals surface area contributed by atoms with Crippen LogP contribution in [0.2, 0.25) is 0 Å². The van der Waals surface area contributed by atoms with Gasteiger partial charge < -0.3 is 16.0 Å². The highest BCUT2D eigenvalue weighted by Gasteiger charge is 2.25. The van der Waals surface area contributed by atoms with Gasteiger partial charge in [0.25, 0.3) is 0 Å². The first-order valence-corrected chi connectivity index (χ1v) is 5.88. The van der Waals surface area contributed by atoms with E-state index in [0.717, 1.165) is 31.6 Å². The number of hydrogen-bond acceptors (Lipinski definition) is 4. The van der Waals surface area contributed by atoms with E-state index >= 15 is 0 Å². The van der Waals surface area contributed by atoms with E-state index in [0.29, 0.717) is 5.69 Å². The molecule has 5 heteroatoms. The summed E-state index contributed by atoms with van der Waals surface area (Å²) in [6, 6.07) is 1.90. The zero-order chi connectivity index (χ0) is 12.3. The van der Waals surface area contributed by atoms with Gasteiger partial charge in [0.15, 0.2) is 0 Å². The highest BCUT2D eigenvalue weighted by atomic mass is 16.1. The molecule has 0 aliphatic carbocycles. The van der Waals surface area contributed by atoms with E-state index in [-0.39, 0.29) is 11.8 Å². The Balaban J connectivity index is 2.09. The van der Waals surface area contributed by atoms with Crippen LogP contribution < -0.4 is 16.0 Å². The van der Waals surface area contributed by atoms with Gasteiger partial charge in [0.05, 0.1) is 23.5 Å². The number of carbonyl (C=O) groups is 1.